The number of halogens is 1. The summed E-state index contributed by atoms with van der Waals surface area (Å²) in [6.07, 6.45) is 1.71. The van der Waals surface area contributed by atoms with Gasteiger partial charge in [0.2, 0.25) is 0 Å². The fourth-order valence-corrected chi connectivity index (χ4v) is 2.46. The molecule has 0 radical (unpaired) electrons. The van der Waals surface area contributed by atoms with Crippen LogP contribution in [0.4, 0.5) is 4.39 Å². The maximum Gasteiger partial charge on any atom is 0.114 e. The number of alkyl halides is 1. The standard InChI is InChI=1S/C15H20FN3/c1-15(2,3)14-12(7-17)6-11(8-18-14)9-19-5-4-13(16)10-19/h6,8,13H,4-5,9-10H2,1-3H3/t13-/m1/s1. The first-order valence-corrected chi connectivity index (χ1v) is 6.66. The topological polar surface area (TPSA) is 39.9 Å². The molecule has 1 saturated heterocycles. The van der Waals surface area contributed by atoms with E-state index in [-0.39, 0.29) is 5.41 Å². The first kappa shape index (κ1) is 14.0. The highest BCUT2D eigenvalue weighted by molar-refractivity contribution is 5.39. The molecule has 19 heavy (non-hydrogen) atoms. The van der Waals surface area contributed by atoms with Crippen molar-refractivity contribution in [3.63, 3.8) is 0 Å². The zero-order valence-corrected chi connectivity index (χ0v) is 11.8. The summed E-state index contributed by atoms with van der Waals surface area (Å²) in [5.41, 5.74) is 2.30. The monoisotopic (exact) mass is 261 g/mol. The number of pyridine rings is 1. The fraction of sp³-hybridized carbons (Fsp3) is 0.600. The third-order valence-corrected chi connectivity index (χ3v) is 3.40. The zero-order chi connectivity index (χ0) is 14.0. The maximum absolute atomic E-state index is 13.1. The largest absolute Gasteiger partial charge is 0.296 e. The number of hydrogen-bond donors (Lipinski definition) is 0. The predicted molar refractivity (Wildman–Crippen MR) is 72.4 cm³/mol. The third-order valence-electron chi connectivity index (χ3n) is 3.40. The van der Waals surface area contributed by atoms with E-state index in [1.807, 2.05) is 33.0 Å². The number of aromatic nitrogens is 1. The Morgan fingerprint density at radius 1 is 1.53 bits per heavy atom. The summed E-state index contributed by atoms with van der Waals surface area (Å²) in [7, 11) is 0. The quantitative estimate of drug-likeness (QED) is 0.822. The van der Waals surface area contributed by atoms with E-state index in [2.05, 4.69) is 16.0 Å². The van der Waals surface area contributed by atoms with Crippen LogP contribution >= 0.6 is 0 Å². The molecular weight excluding hydrogens is 241 g/mol. The summed E-state index contributed by atoms with van der Waals surface area (Å²) in [5.74, 6) is 0. The van der Waals surface area contributed by atoms with Crippen molar-refractivity contribution in [1.82, 2.24) is 9.88 Å². The molecule has 1 aliphatic heterocycles. The highest BCUT2D eigenvalue weighted by Crippen LogP contribution is 2.24. The highest BCUT2D eigenvalue weighted by Gasteiger charge is 2.23. The smallest absolute Gasteiger partial charge is 0.114 e. The minimum Gasteiger partial charge on any atom is -0.296 e. The molecule has 2 rings (SSSR count). The molecule has 4 heteroatoms. The van der Waals surface area contributed by atoms with Crippen LogP contribution in [0, 0.1) is 11.3 Å². The number of hydrogen-bond acceptors (Lipinski definition) is 3. The summed E-state index contributed by atoms with van der Waals surface area (Å²) in [4.78, 5) is 6.51. The molecule has 2 heterocycles. The van der Waals surface area contributed by atoms with Crippen LogP contribution < -0.4 is 0 Å². The molecule has 102 valence electrons. The van der Waals surface area contributed by atoms with E-state index in [0.29, 0.717) is 25.1 Å². The van der Waals surface area contributed by atoms with E-state index >= 15 is 0 Å². The molecule has 0 N–H and O–H groups in total. The molecule has 0 amide bonds. The molecule has 0 bridgehead atoms. The molecule has 1 aromatic heterocycles. The van der Waals surface area contributed by atoms with E-state index < -0.39 is 6.17 Å². The molecule has 0 aliphatic carbocycles. The Morgan fingerprint density at radius 3 is 2.79 bits per heavy atom. The average Bonchev–Trinajstić information content (AvgIpc) is 2.73. The van der Waals surface area contributed by atoms with E-state index in [9.17, 15) is 9.65 Å². The van der Waals surface area contributed by atoms with Crippen LogP contribution in [0.5, 0.6) is 0 Å². The molecule has 0 aromatic carbocycles. The Hall–Kier alpha value is -1.47. The van der Waals surface area contributed by atoms with Gasteiger partial charge >= 0.3 is 0 Å². The first-order valence-electron chi connectivity index (χ1n) is 6.66. The highest BCUT2D eigenvalue weighted by atomic mass is 19.1. The molecule has 1 fully saturated rings. The van der Waals surface area contributed by atoms with Crippen molar-refractivity contribution in [2.45, 2.75) is 45.3 Å². The molecule has 3 nitrogen and oxygen atoms in total. The number of nitriles is 1. The van der Waals surface area contributed by atoms with E-state index in [1.165, 1.54) is 0 Å². The van der Waals surface area contributed by atoms with E-state index in [0.717, 1.165) is 17.8 Å². The van der Waals surface area contributed by atoms with Crippen LogP contribution in [-0.2, 0) is 12.0 Å². The molecule has 1 atom stereocenters. The van der Waals surface area contributed by atoms with Gasteiger partial charge < -0.3 is 0 Å². The van der Waals surface area contributed by atoms with Crippen LogP contribution in [0.2, 0.25) is 0 Å². The van der Waals surface area contributed by atoms with Crippen molar-refractivity contribution in [3.05, 3.63) is 29.1 Å². The Balaban J connectivity index is 2.18. The Bertz CT molecular complexity index is 499. The lowest BCUT2D eigenvalue weighted by atomic mass is 9.88. The summed E-state index contributed by atoms with van der Waals surface area (Å²) in [6.45, 7) is 8.08. The van der Waals surface area contributed by atoms with Crippen LogP contribution in [0.3, 0.4) is 0 Å². The Morgan fingerprint density at radius 2 is 2.26 bits per heavy atom. The molecule has 0 spiro atoms. The summed E-state index contributed by atoms with van der Waals surface area (Å²) < 4.78 is 13.1. The van der Waals surface area contributed by atoms with Crippen molar-refractivity contribution < 1.29 is 4.39 Å². The van der Waals surface area contributed by atoms with Crippen molar-refractivity contribution in [2.75, 3.05) is 13.1 Å². The van der Waals surface area contributed by atoms with Crippen molar-refractivity contribution in [2.24, 2.45) is 0 Å². The Labute approximate surface area is 114 Å². The van der Waals surface area contributed by atoms with Crippen molar-refractivity contribution in [1.29, 1.82) is 5.26 Å². The molecular formula is C15H20FN3. The lowest BCUT2D eigenvalue weighted by molar-refractivity contribution is 0.282. The van der Waals surface area contributed by atoms with E-state index in [4.69, 9.17) is 0 Å². The lowest BCUT2D eigenvalue weighted by Crippen LogP contribution is -2.21. The van der Waals surface area contributed by atoms with E-state index in [1.54, 1.807) is 0 Å². The summed E-state index contributed by atoms with van der Waals surface area (Å²) in [6, 6.07) is 4.11. The second kappa shape index (κ2) is 5.26. The zero-order valence-electron chi connectivity index (χ0n) is 11.8. The molecule has 0 saturated carbocycles. The van der Waals surface area contributed by atoms with Crippen molar-refractivity contribution in [3.8, 4) is 6.07 Å². The van der Waals surface area contributed by atoms with Gasteiger partial charge in [-0.2, -0.15) is 5.26 Å². The van der Waals surface area contributed by atoms with Gasteiger partial charge in [0, 0.05) is 31.2 Å². The number of nitrogens with zero attached hydrogens (tertiary/aromatic N) is 3. The van der Waals surface area contributed by atoms with Gasteiger partial charge in [-0.1, -0.05) is 20.8 Å². The first-order chi connectivity index (χ1) is 8.90. The second-order valence-electron chi connectivity index (χ2n) is 6.22. The number of rotatable bonds is 2. The minimum absolute atomic E-state index is 0.138. The lowest BCUT2D eigenvalue weighted by Gasteiger charge is -2.20. The van der Waals surface area contributed by atoms with Gasteiger partial charge in [-0.3, -0.25) is 9.88 Å². The van der Waals surface area contributed by atoms with Crippen LogP contribution in [0.15, 0.2) is 12.3 Å². The van der Waals surface area contributed by atoms with Gasteiger partial charge in [0.15, 0.2) is 0 Å². The van der Waals surface area contributed by atoms with Gasteiger partial charge in [-0.15, -0.1) is 0 Å². The van der Waals surface area contributed by atoms with Crippen LogP contribution in [0.1, 0.15) is 44.0 Å². The molecule has 0 unspecified atom stereocenters. The van der Waals surface area contributed by atoms with Gasteiger partial charge in [-0.25, -0.2) is 4.39 Å². The van der Waals surface area contributed by atoms with Gasteiger partial charge in [0.1, 0.15) is 12.2 Å². The summed E-state index contributed by atoms with van der Waals surface area (Å²) >= 11 is 0. The SMILES string of the molecule is CC(C)(C)c1ncc(CN2CC[C@@H](F)C2)cc1C#N. The van der Waals surface area contributed by atoms with Gasteiger partial charge in [0.05, 0.1) is 11.3 Å². The van der Waals surface area contributed by atoms with Gasteiger partial charge in [-0.05, 0) is 18.1 Å². The average molecular weight is 261 g/mol. The molecule has 1 aliphatic rings. The normalized spacial score (nSPS) is 20.5. The van der Waals surface area contributed by atoms with Crippen molar-refractivity contribution >= 4 is 0 Å². The van der Waals surface area contributed by atoms with Crippen LogP contribution in [0.25, 0.3) is 0 Å². The summed E-state index contributed by atoms with van der Waals surface area (Å²) in [5, 5.41) is 9.25. The predicted octanol–water partition coefficient (Wildman–Crippen LogP) is 2.79. The van der Waals surface area contributed by atoms with Gasteiger partial charge in [0.25, 0.3) is 0 Å². The maximum atomic E-state index is 13.1. The molecule has 1 aromatic rings. The second-order valence-corrected chi connectivity index (χ2v) is 6.22. The fourth-order valence-electron chi connectivity index (χ4n) is 2.46. The van der Waals surface area contributed by atoms with Crippen LogP contribution in [-0.4, -0.2) is 29.1 Å². The minimum atomic E-state index is -0.711. The number of likely N-dealkylation sites (tertiary alicyclic amines) is 1. The third kappa shape index (κ3) is 3.30. The Kier molecular flexibility index (Phi) is 3.86.